The maximum Gasteiger partial charge on any atom is 0.331 e. The van der Waals surface area contributed by atoms with Gasteiger partial charge in [0.15, 0.2) is 0 Å². The third kappa shape index (κ3) is 2.94. The van der Waals surface area contributed by atoms with Gasteiger partial charge in [0.25, 0.3) is 5.91 Å². The number of amides is 1. The van der Waals surface area contributed by atoms with Gasteiger partial charge in [-0.2, -0.15) is 0 Å². The molecule has 0 heterocycles. The molecule has 1 amide bonds. The first-order chi connectivity index (χ1) is 8.34. The summed E-state index contributed by atoms with van der Waals surface area (Å²) >= 11 is 0. The van der Waals surface area contributed by atoms with Crippen molar-refractivity contribution in [3.05, 3.63) is 41.2 Å². The molecule has 1 N–H and O–H groups in total. The molecule has 0 atom stereocenters. The van der Waals surface area contributed by atoms with Crippen molar-refractivity contribution in [1.82, 2.24) is 0 Å². The number of carboxylic acid groups (broad SMARTS) is 1. The predicted octanol–water partition coefficient (Wildman–Crippen LogP) is 2.21. The van der Waals surface area contributed by atoms with Crippen molar-refractivity contribution in [1.29, 1.82) is 0 Å². The molecule has 0 aliphatic carbocycles. The van der Waals surface area contributed by atoms with Gasteiger partial charge < -0.3 is 10.0 Å². The van der Waals surface area contributed by atoms with Crippen LogP contribution in [0, 0.1) is 5.82 Å². The molecule has 0 aliphatic heterocycles. The summed E-state index contributed by atoms with van der Waals surface area (Å²) < 4.78 is 12.8. The van der Waals surface area contributed by atoms with Gasteiger partial charge in [-0.25, -0.2) is 9.18 Å². The number of nitrogens with zero attached hydrogens (tertiary/aromatic N) is 1. The summed E-state index contributed by atoms with van der Waals surface area (Å²) in [4.78, 5) is 24.0. The number of likely N-dealkylation sites (N-methyl/N-ethyl adjacent to an activating group) is 1. The number of halogens is 1. The topological polar surface area (TPSA) is 57.6 Å². The van der Waals surface area contributed by atoms with Crippen molar-refractivity contribution in [2.45, 2.75) is 13.8 Å². The van der Waals surface area contributed by atoms with Gasteiger partial charge in [-0.1, -0.05) is 0 Å². The highest BCUT2D eigenvalue weighted by Gasteiger charge is 2.17. The number of aliphatic carboxylic acids is 1. The molecule has 0 fully saturated rings. The zero-order valence-corrected chi connectivity index (χ0v) is 10.4. The lowest BCUT2D eigenvalue weighted by molar-refractivity contribution is -0.133. The smallest absolute Gasteiger partial charge is 0.331 e. The quantitative estimate of drug-likeness (QED) is 0.838. The Kier molecular flexibility index (Phi) is 4.20. The first-order valence-corrected chi connectivity index (χ1v) is 5.29. The average molecular weight is 251 g/mol. The van der Waals surface area contributed by atoms with Gasteiger partial charge in [0.2, 0.25) is 0 Å². The van der Waals surface area contributed by atoms with Crippen LogP contribution >= 0.6 is 0 Å². The minimum atomic E-state index is -1.13. The van der Waals surface area contributed by atoms with Crippen molar-refractivity contribution < 1.29 is 19.1 Å². The van der Waals surface area contributed by atoms with Gasteiger partial charge >= 0.3 is 5.97 Å². The van der Waals surface area contributed by atoms with Crippen molar-refractivity contribution in [2.75, 3.05) is 11.9 Å². The number of rotatable bonds is 3. The van der Waals surface area contributed by atoms with Gasteiger partial charge in [-0.3, -0.25) is 4.79 Å². The summed E-state index contributed by atoms with van der Waals surface area (Å²) in [6.07, 6.45) is 0. The number of anilines is 1. The molecule has 0 saturated carbocycles. The zero-order valence-electron chi connectivity index (χ0n) is 10.4. The van der Waals surface area contributed by atoms with Crippen LogP contribution in [0.15, 0.2) is 35.4 Å². The van der Waals surface area contributed by atoms with Crippen molar-refractivity contribution >= 4 is 17.6 Å². The Morgan fingerprint density at radius 2 is 1.61 bits per heavy atom. The number of hydrogen-bond acceptors (Lipinski definition) is 2. The van der Waals surface area contributed by atoms with Crippen LogP contribution in [-0.4, -0.2) is 24.0 Å². The van der Waals surface area contributed by atoms with Crippen LogP contribution in [-0.2, 0) is 9.59 Å². The Balaban J connectivity index is 3.01. The summed E-state index contributed by atoms with van der Waals surface area (Å²) in [5.41, 5.74) is 0.641. The number of benzene rings is 1. The third-order valence-electron chi connectivity index (χ3n) is 2.72. The van der Waals surface area contributed by atoms with Crippen molar-refractivity contribution in [2.24, 2.45) is 0 Å². The molecule has 5 heteroatoms. The van der Waals surface area contributed by atoms with Crippen LogP contribution < -0.4 is 4.90 Å². The van der Waals surface area contributed by atoms with E-state index in [0.717, 1.165) is 0 Å². The van der Waals surface area contributed by atoms with Gasteiger partial charge in [0.1, 0.15) is 5.82 Å². The molecule has 0 unspecified atom stereocenters. The maximum atomic E-state index is 12.8. The predicted molar refractivity (Wildman–Crippen MR) is 65.8 cm³/mol. The Labute approximate surface area is 104 Å². The van der Waals surface area contributed by atoms with Gasteiger partial charge in [0, 0.05) is 23.9 Å². The fourth-order valence-electron chi connectivity index (χ4n) is 1.35. The van der Waals surface area contributed by atoms with E-state index in [2.05, 4.69) is 0 Å². The Hall–Kier alpha value is -2.17. The van der Waals surface area contributed by atoms with Gasteiger partial charge in [0.05, 0.1) is 0 Å². The summed E-state index contributed by atoms with van der Waals surface area (Å²) in [6.45, 7) is 2.82. The average Bonchev–Trinajstić information content (AvgIpc) is 2.36. The summed E-state index contributed by atoms with van der Waals surface area (Å²) in [6, 6.07) is 5.39. The van der Waals surface area contributed by atoms with Crippen LogP contribution in [0.25, 0.3) is 0 Å². The van der Waals surface area contributed by atoms with E-state index in [0.29, 0.717) is 5.69 Å². The lowest BCUT2D eigenvalue weighted by Gasteiger charge is -2.18. The van der Waals surface area contributed by atoms with Gasteiger partial charge in [-0.05, 0) is 38.1 Å². The Morgan fingerprint density at radius 3 is 2.06 bits per heavy atom. The highest BCUT2D eigenvalue weighted by Crippen LogP contribution is 2.16. The summed E-state index contributed by atoms with van der Waals surface area (Å²) in [7, 11) is 1.51. The molecule has 0 saturated heterocycles. The fraction of sp³-hybridized carbons (Fsp3) is 0.231. The monoisotopic (exact) mass is 251 g/mol. The second-order valence-electron chi connectivity index (χ2n) is 3.90. The molecular formula is C13H14FNO3. The minimum Gasteiger partial charge on any atom is -0.478 e. The van der Waals surface area contributed by atoms with Crippen LogP contribution in [0.2, 0.25) is 0 Å². The molecule has 0 aliphatic rings. The SMILES string of the molecule is CC(C(=O)O)=C(C)C(=O)N(C)c1ccc(F)cc1. The standard InChI is InChI=1S/C13H14FNO3/c1-8(9(2)13(17)18)12(16)15(3)11-6-4-10(14)5-7-11/h4-7H,1-3H3,(H,17,18). The van der Waals surface area contributed by atoms with Gasteiger partial charge in [-0.15, -0.1) is 0 Å². The second kappa shape index (κ2) is 5.44. The minimum absolute atomic E-state index is 0.00559. The number of carbonyl (C=O) groups is 2. The normalized spacial score (nSPS) is 11.8. The first-order valence-electron chi connectivity index (χ1n) is 5.29. The molecule has 0 spiro atoms. The van der Waals surface area contributed by atoms with Crippen LogP contribution in [0.1, 0.15) is 13.8 Å². The van der Waals surface area contributed by atoms with E-state index in [1.807, 2.05) is 0 Å². The molecule has 0 aromatic heterocycles. The number of carboxylic acids is 1. The van der Waals surface area contributed by atoms with E-state index < -0.39 is 17.7 Å². The molecule has 4 nitrogen and oxygen atoms in total. The highest BCUT2D eigenvalue weighted by molar-refractivity contribution is 6.09. The molecule has 0 bridgehead atoms. The molecule has 0 radical (unpaired) electrons. The fourth-order valence-corrected chi connectivity index (χ4v) is 1.35. The molecule has 1 rings (SSSR count). The van der Waals surface area contributed by atoms with E-state index in [9.17, 15) is 14.0 Å². The number of carbonyl (C=O) groups excluding carboxylic acids is 1. The van der Waals surface area contributed by atoms with Crippen LogP contribution in [0.3, 0.4) is 0 Å². The molecule has 18 heavy (non-hydrogen) atoms. The van der Waals surface area contributed by atoms with Crippen LogP contribution in [0.5, 0.6) is 0 Å². The lowest BCUT2D eigenvalue weighted by atomic mass is 10.1. The van der Waals surface area contributed by atoms with Crippen molar-refractivity contribution in [3.8, 4) is 0 Å². The van der Waals surface area contributed by atoms with E-state index in [1.54, 1.807) is 0 Å². The molecule has 96 valence electrons. The largest absolute Gasteiger partial charge is 0.478 e. The van der Waals surface area contributed by atoms with E-state index in [-0.39, 0.29) is 11.1 Å². The van der Waals surface area contributed by atoms with E-state index >= 15 is 0 Å². The molecular weight excluding hydrogens is 237 g/mol. The van der Waals surface area contributed by atoms with Crippen LogP contribution in [0.4, 0.5) is 10.1 Å². The van der Waals surface area contributed by atoms with Crippen molar-refractivity contribution in [3.63, 3.8) is 0 Å². The Morgan fingerprint density at radius 1 is 1.11 bits per heavy atom. The lowest BCUT2D eigenvalue weighted by Crippen LogP contribution is -2.28. The Bertz CT molecular complexity index is 505. The second-order valence-corrected chi connectivity index (χ2v) is 3.90. The van der Waals surface area contributed by atoms with E-state index in [1.165, 1.54) is 50.1 Å². The maximum absolute atomic E-state index is 12.8. The highest BCUT2D eigenvalue weighted by atomic mass is 19.1. The van der Waals surface area contributed by atoms with E-state index in [4.69, 9.17) is 5.11 Å². The first kappa shape index (κ1) is 13.9. The molecule has 1 aromatic carbocycles. The summed E-state index contributed by atoms with van der Waals surface area (Å²) in [5, 5.41) is 8.81. The third-order valence-corrected chi connectivity index (χ3v) is 2.72. The molecule has 1 aromatic rings. The number of hydrogen-bond donors (Lipinski definition) is 1. The zero-order chi connectivity index (χ0) is 13.9. The summed E-state index contributed by atoms with van der Waals surface area (Å²) in [5.74, 6) is -1.96.